The molecule has 0 bridgehead atoms. The SMILES string of the molecule is CCC(=O)OCC[O]. The summed E-state index contributed by atoms with van der Waals surface area (Å²) in [6.45, 7) is 1.35. The monoisotopic (exact) mass is 117 g/mol. The summed E-state index contributed by atoms with van der Waals surface area (Å²) in [6.07, 6.45) is 0.347. The Balaban J connectivity index is 2.99. The van der Waals surface area contributed by atoms with Crippen molar-refractivity contribution in [2.24, 2.45) is 0 Å². The molecule has 3 heteroatoms. The molecule has 0 aliphatic carbocycles. The third kappa shape index (κ3) is 3.61. The molecule has 0 N–H and O–H groups in total. The normalized spacial score (nSPS) is 8.75. The Morgan fingerprint density at radius 2 is 2.25 bits per heavy atom. The Kier molecular flexibility index (Phi) is 4.26. The Bertz CT molecular complexity index is 70.1. The number of carbonyl (C=O) groups is 1. The van der Waals surface area contributed by atoms with Crippen molar-refractivity contribution in [2.75, 3.05) is 13.2 Å². The van der Waals surface area contributed by atoms with E-state index in [0.29, 0.717) is 6.42 Å². The Morgan fingerprint density at radius 3 is 2.62 bits per heavy atom. The maximum atomic E-state index is 10.2. The van der Waals surface area contributed by atoms with E-state index in [0.717, 1.165) is 0 Å². The van der Waals surface area contributed by atoms with Crippen LogP contribution in [0.4, 0.5) is 0 Å². The summed E-state index contributed by atoms with van der Waals surface area (Å²) in [6, 6.07) is 0. The highest BCUT2D eigenvalue weighted by Gasteiger charge is 1.94. The number of carbonyl (C=O) groups excluding carboxylic acids is 1. The average molecular weight is 117 g/mol. The molecular weight excluding hydrogens is 108 g/mol. The molecule has 0 aromatic heterocycles. The quantitative estimate of drug-likeness (QED) is 0.501. The molecule has 47 valence electrons. The van der Waals surface area contributed by atoms with Gasteiger partial charge in [-0.1, -0.05) is 6.92 Å². The molecule has 3 nitrogen and oxygen atoms in total. The number of hydrogen-bond donors (Lipinski definition) is 0. The van der Waals surface area contributed by atoms with Crippen LogP contribution in [0.2, 0.25) is 0 Å². The van der Waals surface area contributed by atoms with Gasteiger partial charge in [0.15, 0.2) is 0 Å². The van der Waals surface area contributed by atoms with Crippen molar-refractivity contribution in [3.05, 3.63) is 0 Å². The van der Waals surface area contributed by atoms with Crippen LogP contribution in [0.15, 0.2) is 0 Å². The van der Waals surface area contributed by atoms with E-state index in [1.165, 1.54) is 0 Å². The van der Waals surface area contributed by atoms with Gasteiger partial charge in [-0.2, -0.15) is 0 Å². The molecular formula is C5H9O3. The summed E-state index contributed by atoms with van der Waals surface area (Å²) < 4.78 is 4.39. The first kappa shape index (κ1) is 7.43. The van der Waals surface area contributed by atoms with Crippen LogP contribution >= 0.6 is 0 Å². The van der Waals surface area contributed by atoms with Crippen LogP contribution in [0.3, 0.4) is 0 Å². The maximum absolute atomic E-state index is 10.2. The standard InChI is InChI=1S/C5H9O3/c1-2-5(7)8-4-3-6/h2-4H2,1H3. The van der Waals surface area contributed by atoms with Crippen molar-refractivity contribution in [3.8, 4) is 0 Å². The lowest BCUT2D eigenvalue weighted by atomic mass is 10.5. The zero-order valence-electron chi connectivity index (χ0n) is 4.85. The van der Waals surface area contributed by atoms with Crippen LogP contribution in [-0.4, -0.2) is 19.2 Å². The summed E-state index contributed by atoms with van der Waals surface area (Å²) in [5.74, 6) is -0.305. The molecule has 0 heterocycles. The fourth-order valence-electron chi connectivity index (χ4n) is 0.258. The molecule has 8 heavy (non-hydrogen) atoms. The van der Waals surface area contributed by atoms with Crippen LogP contribution in [0.25, 0.3) is 0 Å². The first-order chi connectivity index (χ1) is 3.81. The van der Waals surface area contributed by atoms with Crippen LogP contribution in [0.5, 0.6) is 0 Å². The molecule has 0 aromatic rings. The first-order valence-electron chi connectivity index (χ1n) is 2.55. The lowest BCUT2D eigenvalue weighted by Gasteiger charge is -1.95. The highest BCUT2D eigenvalue weighted by molar-refractivity contribution is 5.68. The summed E-state index contributed by atoms with van der Waals surface area (Å²) in [4.78, 5) is 10.2. The first-order valence-corrected chi connectivity index (χ1v) is 2.55. The fourth-order valence-corrected chi connectivity index (χ4v) is 0.258. The zero-order valence-corrected chi connectivity index (χ0v) is 4.85. The van der Waals surface area contributed by atoms with Crippen molar-refractivity contribution >= 4 is 5.97 Å². The van der Waals surface area contributed by atoms with E-state index in [1.807, 2.05) is 0 Å². The van der Waals surface area contributed by atoms with Gasteiger partial charge < -0.3 is 4.74 Å². The van der Waals surface area contributed by atoms with Crippen LogP contribution in [0.1, 0.15) is 13.3 Å². The van der Waals surface area contributed by atoms with Crippen LogP contribution in [0, 0.1) is 0 Å². The molecule has 0 rings (SSSR count). The van der Waals surface area contributed by atoms with Gasteiger partial charge in [-0.15, -0.1) is 0 Å². The predicted octanol–water partition coefficient (Wildman–Crippen LogP) is 0.370. The minimum absolute atomic E-state index is 0.00662. The van der Waals surface area contributed by atoms with E-state index in [9.17, 15) is 9.90 Å². The fraction of sp³-hybridized carbons (Fsp3) is 0.800. The van der Waals surface area contributed by atoms with Gasteiger partial charge in [-0.25, -0.2) is 5.11 Å². The lowest BCUT2D eigenvalue weighted by Crippen LogP contribution is -2.05. The number of rotatable bonds is 3. The lowest BCUT2D eigenvalue weighted by molar-refractivity contribution is -0.144. The summed E-state index contributed by atoms with van der Waals surface area (Å²) >= 11 is 0. The smallest absolute Gasteiger partial charge is 0.305 e. The topological polar surface area (TPSA) is 46.2 Å². The Morgan fingerprint density at radius 1 is 1.62 bits per heavy atom. The van der Waals surface area contributed by atoms with Crippen molar-refractivity contribution < 1.29 is 14.6 Å². The minimum atomic E-state index is -0.342. The van der Waals surface area contributed by atoms with Gasteiger partial charge in [0, 0.05) is 6.42 Å². The molecule has 1 radical (unpaired) electrons. The van der Waals surface area contributed by atoms with E-state index in [-0.39, 0.29) is 19.2 Å². The van der Waals surface area contributed by atoms with Gasteiger partial charge in [0.2, 0.25) is 0 Å². The summed E-state index contributed by atoms with van der Waals surface area (Å²) in [5, 5.41) is 9.67. The minimum Gasteiger partial charge on any atom is -0.463 e. The molecule has 0 atom stereocenters. The van der Waals surface area contributed by atoms with Gasteiger partial charge in [-0.05, 0) is 0 Å². The third-order valence-electron chi connectivity index (χ3n) is 0.635. The van der Waals surface area contributed by atoms with Crippen molar-refractivity contribution in [1.29, 1.82) is 0 Å². The number of esters is 1. The van der Waals surface area contributed by atoms with Crippen molar-refractivity contribution in [3.63, 3.8) is 0 Å². The second-order valence-electron chi connectivity index (χ2n) is 1.28. The largest absolute Gasteiger partial charge is 0.463 e. The molecule has 0 amide bonds. The molecule has 0 spiro atoms. The van der Waals surface area contributed by atoms with E-state index < -0.39 is 0 Å². The van der Waals surface area contributed by atoms with Crippen LogP contribution < -0.4 is 0 Å². The number of ether oxygens (including phenoxy) is 1. The molecule has 0 aromatic carbocycles. The zero-order chi connectivity index (χ0) is 6.41. The van der Waals surface area contributed by atoms with E-state index in [2.05, 4.69) is 4.74 Å². The Labute approximate surface area is 48.3 Å². The van der Waals surface area contributed by atoms with Gasteiger partial charge >= 0.3 is 5.97 Å². The molecule has 0 fully saturated rings. The summed E-state index contributed by atoms with van der Waals surface area (Å²) in [7, 11) is 0. The van der Waals surface area contributed by atoms with E-state index >= 15 is 0 Å². The predicted molar refractivity (Wildman–Crippen MR) is 26.8 cm³/mol. The molecule has 0 saturated heterocycles. The third-order valence-corrected chi connectivity index (χ3v) is 0.635. The van der Waals surface area contributed by atoms with Gasteiger partial charge in [-0.3, -0.25) is 4.79 Å². The summed E-state index contributed by atoms with van der Waals surface area (Å²) in [5.41, 5.74) is 0. The van der Waals surface area contributed by atoms with E-state index in [4.69, 9.17) is 0 Å². The van der Waals surface area contributed by atoms with Crippen LogP contribution in [-0.2, 0) is 14.6 Å². The molecule has 0 aliphatic heterocycles. The second kappa shape index (κ2) is 4.59. The van der Waals surface area contributed by atoms with Gasteiger partial charge in [0.25, 0.3) is 0 Å². The Hall–Kier alpha value is -0.570. The van der Waals surface area contributed by atoms with E-state index in [1.54, 1.807) is 6.92 Å². The second-order valence-corrected chi connectivity index (χ2v) is 1.28. The number of hydrogen-bond acceptors (Lipinski definition) is 2. The highest BCUT2D eigenvalue weighted by Crippen LogP contribution is 1.81. The van der Waals surface area contributed by atoms with Crippen molar-refractivity contribution in [1.82, 2.24) is 0 Å². The molecule has 0 aliphatic rings. The van der Waals surface area contributed by atoms with Gasteiger partial charge in [0.1, 0.15) is 13.2 Å². The molecule has 0 saturated carbocycles. The highest BCUT2D eigenvalue weighted by atomic mass is 16.5. The van der Waals surface area contributed by atoms with Crippen molar-refractivity contribution in [2.45, 2.75) is 13.3 Å². The maximum Gasteiger partial charge on any atom is 0.305 e. The van der Waals surface area contributed by atoms with Gasteiger partial charge in [0.05, 0.1) is 0 Å². The molecule has 0 unspecified atom stereocenters. The average Bonchev–Trinajstić information content (AvgIpc) is 1.83.